The Bertz CT molecular complexity index is 2270. The molecule has 0 unspecified atom stereocenters. The van der Waals surface area contributed by atoms with Crippen molar-refractivity contribution >= 4 is 78.8 Å². The van der Waals surface area contributed by atoms with E-state index in [1.165, 1.54) is 6.07 Å². The van der Waals surface area contributed by atoms with Gasteiger partial charge in [0.15, 0.2) is 15.6 Å². The lowest BCUT2D eigenvalue weighted by Gasteiger charge is -2.12. The number of fused-ring (bicyclic) bond motifs is 2. The molecule has 0 aliphatic rings. The maximum atomic E-state index is 12.3. The van der Waals surface area contributed by atoms with E-state index in [-0.39, 0.29) is 26.4 Å². The molecule has 4 rings (SSSR count). The van der Waals surface area contributed by atoms with Crippen LogP contribution in [0.15, 0.2) is 78.3 Å². The van der Waals surface area contributed by atoms with Crippen LogP contribution in [0.1, 0.15) is 0 Å². The summed E-state index contributed by atoms with van der Waals surface area (Å²) in [5.41, 5.74) is 3.78. The predicted octanol–water partition coefficient (Wildman–Crippen LogP) is 2.20. The van der Waals surface area contributed by atoms with Crippen molar-refractivity contribution in [1.29, 1.82) is 0 Å². The zero-order valence-corrected chi connectivity index (χ0v) is 23.9. The van der Waals surface area contributed by atoms with E-state index in [0.29, 0.717) is 6.07 Å². The van der Waals surface area contributed by atoms with E-state index in [9.17, 15) is 52.4 Å². The molecule has 0 spiro atoms. The molecule has 0 saturated carbocycles. The molecule has 0 atom stereocenters. The molecule has 4 aromatic rings. The molecule has 42 heavy (non-hydrogen) atoms. The van der Waals surface area contributed by atoms with Crippen molar-refractivity contribution in [2.24, 2.45) is 10.2 Å². The zero-order valence-electron chi connectivity index (χ0n) is 20.6. The lowest BCUT2D eigenvalue weighted by Crippen LogP contribution is -2.10. The summed E-state index contributed by atoms with van der Waals surface area (Å²) in [5.74, 6) is -1.64. The average molecular weight is 662 g/mol. The number of hydrogen-bond acceptors (Lipinski definition) is 13. The third kappa shape index (κ3) is 5.91. The minimum Gasteiger partial charge on any atom is -0.505 e. The molecule has 4 aromatic carbocycles. The van der Waals surface area contributed by atoms with Gasteiger partial charge in [0.2, 0.25) is 0 Å². The standard InChI is InChI=1S/C22H19N3O13S4/c23-16-10-14(40(30,31)32)8-12-9-18(41(33,34)35)20(21(27)19(12)16)25-24-17-4-1-11-7-13(39(28,29)6-5-26)2-3-15(11)22(17)42(36,37)38/h1-4,7-10,26-27H,5-6,23H2,(H,30,31,32)(H,33,34,35)(H,36,37,38). The molecule has 7 N–H and O–H groups in total. The number of phenolic OH excluding ortho intramolecular Hbond substituents is 1. The van der Waals surface area contributed by atoms with Gasteiger partial charge >= 0.3 is 0 Å². The molecule has 0 heterocycles. The van der Waals surface area contributed by atoms with Crippen LogP contribution in [-0.2, 0) is 40.2 Å². The summed E-state index contributed by atoms with van der Waals surface area (Å²) in [7, 11) is -19.1. The Balaban J connectivity index is 1.99. The third-order valence-corrected chi connectivity index (χ3v) is 10.2. The van der Waals surface area contributed by atoms with Crippen molar-refractivity contribution in [2.45, 2.75) is 19.6 Å². The van der Waals surface area contributed by atoms with E-state index in [4.69, 9.17) is 10.8 Å². The molecule has 0 aliphatic heterocycles. The number of nitrogens with two attached hydrogens (primary N) is 1. The van der Waals surface area contributed by atoms with Crippen molar-refractivity contribution in [3.8, 4) is 5.75 Å². The summed E-state index contributed by atoms with van der Waals surface area (Å²) in [6.07, 6.45) is 0. The molecular weight excluding hydrogens is 643 g/mol. The van der Waals surface area contributed by atoms with Crippen LogP contribution >= 0.6 is 0 Å². The Kier molecular flexibility index (Phi) is 7.80. The zero-order chi connectivity index (χ0) is 31.4. The lowest BCUT2D eigenvalue weighted by atomic mass is 10.1. The second-order valence-corrected chi connectivity index (χ2v) is 14.9. The summed E-state index contributed by atoms with van der Waals surface area (Å²) < 4.78 is 126. The first-order valence-corrected chi connectivity index (χ1v) is 17.1. The Labute approximate surface area is 237 Å². The monoisotopic (exact) mass is 661 g/mol. The number of benzene rings is 4. The number of nitrogens with zero attached hydrogens (tertiary/aromatic N) is 2. The molecule has 0 aromatic heterocycles. The fourth-order valence-electron chi connectivity index (χ4n) is 4.09. The van der Waals surface area contributed by atoms with Crippen LogP contribution in [-0.4, -0.2) is 69.9 Å². The second-order valence-electron chi connectivity index (χ2n) is 8.65. The van der Waals surface area contributed by atoms with Gasteiger partial charge in [0.1, 0.15) is 21.2 Å². The maximum absolute atomic E-state index is 12.3. The highest BCUT2D eigenvalue weighted by Crippen LogP contribution is 2.45. The minimum absolute atomic E-state index is 0.00943. The Morgan fingerprint density at radius 3 is 1.93 bits per heavy atom. The fourth-order valence-corrected chi connectivity index (χ4v) is 7.19. The van der Waals surface area contributed by atoms with Gasteiger partial charge in [0, 0.05) is 16.5 Å². The summed E-state index contributed by atoms with van der Waals surface area (Å²) in [6.45, 7) is -0.670. The van der Waals surface area contributed by atoms with E-state index in [2.05, 4.69) is 10.2 Å². The third-order valence-electron chi connectivity index (χ3n) is 5.89. The van der Waals surface area contributed by atoms with Crippen LogP contribution in [0.5, 0.6) is 5.75 Å². The highest BCUT2D eigenvalue weighted by molar-refractivity contribution is 7.91. The Morgan fingerprint density at radius 2 is 1.36 bits per heavy atom. The first kappa shape index (κ1) is 31.2. The number of aliphatic hydroxyl groups is 1. The van der Waals surface area contributed by atoms with Gasteiger partial charge < -0.3 is 15.9 Å². The molecule has 224 valence electrons. The predicted molar refractivity (Wildman–Crippen MR) is 147 cm³/mol. The average Bonchev–Trinajstić information content (AvgIpc) is 2.85. The summed E-state index contributed by atoms with van der Waals surface area (Å²) in [4.78, 5) is -3.01. The second kappa shape index (κ2) is 10.5. The van der Waals surface area contributed by atoms with Crippen molar-refractivity contribution in [3.63, 3.8) is 0 Å². The maximum Gasteiger partial charge on any atom is 0.297 e. The van der Waals surface area contributed by atoms with Gasteiger partial charge in [-0.25, -0.2) is 8.42 Å². The van der Waals surface area contributed by atoms with Crippen LogP contribution in [0, 0.1) is 0 Å². The van der Waals surface area contributed by atoms with E-state index in [1.54, 1.807) is 0 Å². The van der Waals surface area contributed by atoms with Crippen molar-refractivity contribution < 1.29 is 57.5 Å². The topological polar surface area (TPSA) is 288 Å². The highest BCUT2D eigenvalue weighted by atomic mass is 32.2. The largest absolute Gasteiger partial charge is 0.505 e. The van der Waals surface area contributed by atoms with Crippen LogP contribution in [0.25, 0.3) is 21.5 Å². The number of aromatic hydroxyl groups is 1. The first-order chi connectivity index (χ1) is 19.3. The van der Waals surface area contributed by atoms with Crippen LogP contribution < -0.4 is 5.73 Å². The molecule has 0 fully saturated rings. The normalized spacial score (nSPS) is 13.3. The van der Waals surface area contributed by atoms with Gasteiger partial charge in [-0.05, 0) is 47.2 Å². The molecule has 0 saturated heterocycles. The van der Waals surface area contributed by atoms with Crippen molar-refractivity contribution in [2.75, 3.05) is 18.1 Å². The van der Waals surface area contributed by atoms with Gasteiger partial charge in [-0.15, -0.1) is 10.2 Å². The first-order valence-electron chi connectivity index (χ1n) is 11.1. The number of aliphatic hydroxyl groups excluding tert-OH is 1. The summed E-state index contributed by atoms with van der Waals surface area (Å²) in [6, 6.07) is 7.52. The van der Waals surface area contributed by atoms with E-state index in [0.717, 1.165) is 36.4 Å². The molecule has 0 amide bonds. The van der Waals surface area contributed by atoms with Gasteiger partial charge in [0.25, 0.3) is 30.4 Å². The Morgan fingerprint density at radius 1 is 0.714 bits per heavy atom. The summed E-state index contributed by atoms with van der Waals surface area (Å²) in [5, 5.41) is 26.1. The molecule has 0 bridgehead atoms. The van der Waals surface area contributed by atoms with E-state index in [1.807, 2.05) is 0 Å². The molecule has 0 aliphatic carbocycles. The van der Waals surface area contributed by atoms with Crippen molar-refractivity contribution in [3.05, 3.63) is 48.5 Å². The van der Waals surface area contributed by atoms with E-state index < -0.39 is 90.0 Å². The molecule has 20 heteroatoms. The van der Waals surface area contributed by atoms with Crippen LogP contribution in [0.3, 0.4) is 0 Å². The number of rotatable bonds is 8. The smallest absolute Gasteiger partial charge is 0.297 e. The van der Waals surface area contributed by atoms with Gasteiger partial charge in [0.05, 0.1) is 22.2 Å². The molecule has 16 nitrogen and oxygen atoms in total. The van der Waals surface area contributed by atoms with Gasteiger partial charge in [-0.2, -0.15) is 25.3 Å². The molecule has 0 radical (unpaired) electrons. The lowest BCUT2D eigenvalue weighted by molar-refractivity contribution is 0.319. The number of phenols is 1. The van der Waals surface area contributed by atoms with Gasteiger partial charge in [-0.1, -0.05) is 12.1 Å². The van der Waals surface area contributed by atoms with E-state index >= 15 is 0 Å². The Hall–Kier alpha value is -3.76. The quantitative estimate of drug-likeness (QED) is 0.0896. The number of hydrogen-bond donors (Lipinski definition) is 6. The fraction of sp³-hybridized carbons (Fsp3) is 0.0909. The molecular formula is C22H19N3O13S4. The van der Waals surface area contributed by atoms with Crippen molar-refractivity contribution in [1.82, 2.24) is 0 Å². The summed E-state index contributed by atoms with van der Waals surface area (Å²) >= 11 is 0. The number of anilines is 1. The highest BCUT2D eigenvalue weighted by Gasteiger charge is 2.26. The minimum atomic E-state index is -5.22. The number of nitrogen functional groups attached to an aromatic ring is 1. The SMILES string of the molecule is Nc1cc(S(=O)(=O)O)cc2cc(S(=O)(=O)O)c(N=Nc3ccc4cc(S(=O)(=O)CCO)ccc4c3S(=O)(=O)O)c(O)c12. The van der Waals surface area contributed by atoms with Crippen LogP contribution in [0.4, 0.5) is 17.1 Å². The van der Waals surface area contributed by atoms with Gasteiger partial charge in [-0.3, -0.25) is 13.7 Å². The number of sulfone groups is 1. The van der Waals surface area contributed by atoms with Crippen LogP contribution in [0.2, 0.25) is 0 Å². The number of azo groups is 1.